The maximum atomic E-state index is 12.7. The van der Waals surface area contributed by atoms with Crippen LogP contribution in [0.4, 0.5) is 0 Å². The highest BCUT2D eigenvalue weighted by Crippen LogP contribution is 2.23. The molecule has 150 valence electrons. The van der Waals surface area contributed by atoms with E-state index in [9.17, 15) is 13.2 Å². The van der Waals surface area contributed by atoms with Crippen LogP contribution < -0.4 is 5.32 Å². The lowest BCUT2D eigenvalue weighted by atomic mass is 10.1. The predicted molar refractivity (Wildman–Crippen MR) is 106 cm³/mol. The summed E-state index contributed by atoms with van der Waals surface area (Å²) in [6.07, 6.45) is 2.61. The van der Waals surface area contributed by atoms with E-state index in [0.29, 0.717) is 18.0 Å². The smallest absolute Gasteiger partial charge is 0.234 e. The molecule has 1 aromatic carbocycles. The summed E-state index contributed by atoms with van der Waals surface area (Å²) in [7, 11) is -3.01. The van der Waals surface area contributed by atoms with Gasteiger partial charge in [0.15, 0.2) is 9.84 Å². The maximum Gasteiger partial charge on any atom is 0.234 e. The van der Waals surface area contributed by atoms with E-state index < -0.39 is 9.84 Å². The minimum atomic E-state index is -3.01. The molecule has 1 N–H and O–H groups in total. The maximum absolute atomic E-state index is 12.7. The average molecular weight is 415 g/mol. The molecule has 1 amide bonds. The Morgan fingerprint density at radius 1 is 1.37 bits per heavy atom. The second kappa shape index (κ2) is 8.90. The summed E-state index contributed by atoms with van der Waals surface area (Å²) in [4.78, 5) is 14.6. The lowest BCUT2D eigenvalue weighted by Crippen LogP contribution is -2.47. The normalized spacial score (nSPS) is 25.6. The summed E-state index contributed by atoms with van der Waals surface area (Å²) in [5.41, 5.74) is 0.863. The predicted octanol–water partition coefficient (Wildman–Crippen LogP) is 2.19. The monoisotopic (exact) mass is 414 g/mol. The van der Waals surface area contributed by atoms with Crippen LogP contribution in [0.1, 0.15) is 37.8 Å². The van der Waals surface area contributed by atoms with E-state index in [4.69, 9.17) is 16.3 Å². The van der Waals surface area contributed by atoms with E-state index in [-0.39, 0.29) is 42.1 Å². The summed E-state index contributed by atoms with van der Waals surface area (Å²) in [6, 6.07) is 7.08. The third-order valence-corrected chi connectivity index (χ3v) is 7.38. The number of halogens is 1. The van der Waals surface area contributed by atoms with Crippen molar-refractivity contribution in [3.8, 4) is 0 Å². The number of carbonyl (C=O) groups excluding carboxylic acids is 1. The third-order valence-electron chi connectivity index (χ3n) is 5.28. The number of nitrogens with one attached hydrogen (secondary N) is 1. The first-order chi connectivity index (χ1) is 12.8. The van der Waals surface area contributed by atoms with E-state index in [1.165, 1.54) is 0 Å². The van der Waals surface area contributed by atoms with Gasteiger partial charge in [0.1, 0.15) is 0 Å². The molecule has 0 bridgehead atoms. The number of rotatable bonds is 7. The molecule has 2 aliphatic rings. The number of amides is 1. The fourth-order valence-electron chi connectivity index (χ4n) is 3.83. The first-order valence-corrected chi connectivity index (χ1v) is 11.6. The number of hydrogen-bond acceptors (Lipinski definition) is 5. The Balaban J connectivity index is 1.63. The molecule has 27 heavy (non-hydrogen) atoms. The molecule has 1 aromatic rings. The van der Waals surface area contributed by atoms with E-state index in [2.05, 4.69) is 5.32 Å². The SMILES string of the molecule is CC(NC(=O)CN(CC1CCCO1)C1CCS(=O)(=O)C1)c1ccccc1Cl. The van der Waals surface area contributed by atoms with Crippen LogP contribution in [0.15, 0.2) is 24.3 Å². The first kappa shape index (κ1) is 20.6. The highest BCUT2D eigenvalue weighted by Gasteiger charge is 2.35. The van der Waals surface area contributed by atoms with Gasteiger partial charge in [-0.25, -0.2) is 8.42 Å². The molecule has 3 atom stereocenters. The Morgan fingerprint density at radius 3 is 2.78 bits per heavy atom. The number of sulfone groups is 1. The molecule has 2 saturated heterocycles. The van der Waals surface area contributed by atoms with Gasteiger partial charge in [0.2, 0.25) is 5.91 Å². The summed E-state index contributed by atoms with van der Waals surface area (Å²) < 4.78 is 29.5. The van der Waals surface area contributed by atoms with Gasteiger partial charge in [0.25, 0.3) is 0 Å². The van der Waals surface area contributed by atoms with Crippen LogP contribution in [0.3, 0.4) is 0 Å². The Labute approximate surface area is 166 Å². The van der Waals surface area contributed by atoms with Crippen LogP contribution in [-0.4, -0.2) is 62.6 Å². The van der Waals surface area contributed by atoms with Crippen LogP contribution in [-0.2, 0) is 19.4 Å². The van der Waals surface area contributed by atoms with Crippen molar-refractivity contribution < 1.29 is 17.9 Å². The Hall–Kier alpha value is -1.15. The molecule has 6 nitrogen and oxygen atoms in total. The molecule has 3 unspecified atom stereocenters. The standard InChI is InChI=1S/C19H27ClN2O4S/c1-14(17-6-2-3-7-18(17)20)21-19(23)12-22(11-16-5-4-9-26-16)15-8-10-27(24,25)13-15/h2-3,6-7,14-16H,4-5,8-13H2,1H3,(H,21,23). The molecule has 0 aromatic heterocycles. The highest BCUT2D eigenvalue weighted by molar-refractivity contribution is 7.91. The number of hydrogen-bond donors (Lipinski definition) is 1. The molecule has 0 radical (unpaired) electrons. The fraction of sp³-hybridized carbons (Fsp3) is 0.632. The zero-order valence-corrected chi connectivity index (χ0v) is 17.1. The van der Waals surface area contributed by atoms with Crippen LogP contribution in [0.5, 0.6) is 0 Å². The van der Waals surface area contributed by atoms with Crippen molar-refractivity contribution in [1.82, 2.24) is 10.2 Å². The van der Waals surface area contributed by atoms with Gasteiger partial charge < -0.3 is 10.1 Å². The van der Waals surface area contributed by atoms with Crippen LogP contribution in [0.2, 0.25) is 5.02 Å². The summed E-state index contributed by atoms with van der Waals surface area (Å²) in [5, 5.41) is 3.60. The molecule has 2 aliphatic heterocycles. The molecular weight excluding hydrogens is 388 g/mol. The zero-order chi connectivity index (χ0) is 19.4. The van der Waals surface area contributed by atoms with Gasteiger partial charge in [-0.15, -0.1) is 0 Å². The van der Waals surface area contributed by atoms with Crippen molar-refractivity contribution in [2.75, 3.05) is 31.2 Å². The second-order valence-corrected chi connectivity index (χ2v) is 10.1. The van der Waals surface area contributed by atoms with Crippen LogP contribution >= 0.6 is 11.6 Å². The van der Waals surface area contributed by atoms with Crippen LogP contribution in [0.25, 0.3) is 0 Å². The van der Waals surface area contributed by atoms with Crippen molar-refractivity contribution in [3.05, 3.63) is 34.9 Å². The molecule has 2 heterocycles. The van der Waals surface area contributed by atoms with Crippen LogP contribution in [0, 0.1) is 0 Å². The zero-order valence-electron chi connectivity index (χ0n) is 15.6. The van der Waals surface area contributed by atoms with Crippen molar-refractivity contribution in [1.29, 1.82) is 0 Å². The van der Waals surface area contributed by atoms with Crippen molar-refractivity contribution >= 4 is 27.3 Å². The van der Waals surface area contributed by atoms with Gasteiger partial charge in [-0.1, -0.05) is 29.8 Å². The van der Waals surface area contributed by atoms with Gasteiger partial charge in [-0.2, -0.15) is 0 Å². The molecule has 8 heteroatoms. The number of carbonyl (C=O) groups is 1. The van der Waals surface area contributed by atoms with Crippen molar-refractivity contribution in [2.45, 2.75) is 44.4 Å². The average Bonchev–Trinajstić information content (AvgIpc) is 3.23. The Kier molecular flexibility index (Phi) is 6.78. The van der Waals surface area contributed by atoms with Gasteiger partial charge >= 0.3 is 0 Å². The summed E-state index contributed by atoms with van der Waals surface area (Å²) >= 11 is 6.21. The van der Waals surface area contributed by atoms with Crippen molar-refractivity contribution in [2.24, 2.45) is 0 Å². The quantitative estimate of drug-likeness (QED) is 0.740. The van der Waals surface area contributed by atoms with Gasteiger partial charge in [-0.05, 0) is 37.8 Å². The summed E-state index contributed by atoms with van der Waals surface area (Å²) in [5.74, 6) is 0.175. The molecule has 0 aliphatic carbocycles. The summed E-state index contributed by atoms with van der Waals surface area (Å²) in [6.45, 7) is 3.38. The minimum absolute atomic E-state index is 0.0714. The molecular formula is C19H27ClN2O4S. The van der Waals surface area contributed by atoms with E-state index in [1.54, 1.807) is 6.07 Å². The highest BCUT2D eigenvalue weighted by atomic mass is 35.5. The van der Waals surface area contributed by atoms with Gasteiger partial charge in [-0.3, -0.25) is 9.69 Å². The van der Waals surface area contributed by atoms with Gasteiger partial charge in [0.05, 0.1) is 30.2 Å². The van der Waals surface area contributed by atoms with E-state index in [0.717, 1.165) is 25.0 Å². The molecule has 2 fully saturated rings. The fourth-order valence-corrected chi connectivity index (χ4v) is 5.89. The lowest BCUT2D eigenvalue weighted by molar-refractivity contribution is -0.123. The Morgan fingerprint density at radius 2 is 2.15 bits per heavy atom. The minimum Gasteiger partial charge on any atom is -0.377 e. The first-order valence-electron chi connectivity index (χ1n) is 9.44. The Bertz CT molecular complexity index is 765. The topological polar surface area (TPSA) is 75.7 Å². The second-order valence-electron chi connectivity index (χ2n) is 7.43. The third kappa shape index (κ3) is 5.67. The number of nitrogens with zero attached hydrogens (tertiary/aromatic N) is 1. The molecule has 0 spiro atoms. The van der Waals surface area contributed by atoms with Crippen molar-refractivity contribution in [3.63, 3.8) is 0 Å². The number of ether oxygens (including phenoxy) is 1. The van der Waals surface area contributed by atoms with Gasteiger partial charge in [0, 0.05) is 24.2 Å². The van der Waals surface area contributed by atoms with E-state index >= 15 is 0 Å². The number of benzene rings is 1. The lowest BCUT2D eigenvalue weighted by Gasteiger charge is -2.30. The molecule has 0 saturated carbocycles. The largest absolute Gasteiger partial charge is 0.377 e. The van der Waals surface area contributed by atoms with E-state index in [1.807, 2.05) is 30.0 Å². The molecule has 3 rings (SSSR count).